The van der Waals surface area contributed by atoms with Gasteiger partial charge in [0.1, 0.15) is 0 Å². The van der Waals surface area contributed by atoms with Crippen molar-refractivity contribution in [2.75, 3.05) is 0 Å². The average Bonchev–Trinajstić information content (AvgIpc) is 2.15. The van der Waals surface area contributed by atoms with E-state index in [1.54, 1.807) is 6.42 Å². The summed E-state index contributed by atoms with van der Waals surface area (Å²) in [5.74, 6) is 0.137. The third-order valence-electron chi connectivity index (χ3n) is 1.68. The van der Waals surface area contributed by atoms with E-state index in [1.165, 1.54) is 0 Å². The summed E-state index contributed by atoms with van der Waals surface area (Å²) in [6.45, 7) is 2.06. The molecule has 0 bridgehead atoms. The number of ketones is 1. The molecule has 0 atom stereocenters. The van der Waals surface area contributed by atoms with Crippen LogP contribution in [0.25, 0.3) is 0 Å². The molecule has 0 aromatic heterocycles. The van der Waals surface area contributed by atoms with E-state index in [-0.39, 0.29) is 5.78 Å². The van der Waals surface area contributed by atoms with Crippen molar-refractivity contribution >= 4 is 5.78 Å². The van der Waals surface area contributed by atoms with Crippen molar-refractivity contribution in [3.63, 3.8) is 0 Å². The van der Waals surface area contributed by atoms with E-state index in [1.807, 2.05) is 30.3 Å². The molecule has 1 aromatic rings. The molecule has 0 unspecified atom stereocenters. The van der Waals surface area contributed by atoms with Crippen LogP contribution in [0.15, 0.2) is 30.3 Å². The van der Waals surface area contributed by atoms with Crippen LogP contribution in [0.2, 0.25) is 0 Å². The minimum Gasteiger partial charge on any atom is -0.294 e. The van der Waals surface area contributed by atoms with Crippen molar-refractivity contribution in [1.82, 2.24) is 0 Å². The largest absolute Gasteiger partial charge is 0.294 e. The van der Waals surface area contributed by atoms with Crippen LogP contribution in [0.1, 0.15) is 30.1 Å². The minimum atomic E-state index is 0.137. The van der Waals surface area contributed by atoms with Crippen LogP contribution in [0.5, 0.6) is 0 Å². The van der Waals surface area contributed by atoms with E-state index in [0.717, 1.165) is 18.4 Å². The van der Waals surface area contributed by atoms with Gasteiger partial charge in [0.15, 0.2) is 5.78 Å². The SMILES string of the molecule is CCC[CH]C(=O)c1ccccc1. The molecule has 0 fully saturated rings. The van der Waals surface area contributed by atoms with Gasteiger partial charge >= 0.3 is 0 Å². The van der Waals surface area contributed by atoms with Crippen molar-refractivity contribution < 1.29 is 4.79 Å². The molecule has 1 nitrogen and oxygen atoms in total. The van der Waals surface area contributed by atoms with E-state index in [4.69, 9.17) is 0 Å². The maximum absolute atomic E-state index is 11.3. The molecule has 1 radical (unpaired) electrons. The first kappa shape index (κ1) is 8.98. The summed E-state index contributed by atoms with van der Waals surface area (Å²) in [6.07, 6.45) is 3.64. The van der Waals surface area contributed by atoms with Gasteiger partial charge in [-0.05, 0) is 6.42 Å². The van der Waals surface area contributed by atoms with Crippen LogP contribution >= 0.6 is 0 Å². The number of carbonyl (C=O) groups excluding carboxylic acids is 1. The molecule has 0 amide bonds. The fourth-order valence-electron chi connectivity index (χ4n) is 0.996. The first-order valence-electron chi connectivity index (χ1n) is 4.27. The van der Waals surface area contributed by atoms with Gasteiger partial charge in [0.05, 0.1) is 0 Å². The van der Waals surface area contributed by atoms with Crippen molar-refractivity contribution in [2.45, 2.75) is 19.8 Å². The summed E-state index contributed by atoms with van der Waals surface area (Å²) < 4.78 is 0. The number of rotatable bonds is 4. The number of benzene rings is 1. The molecule has 0 heterocycles. The number of carbonyl (C=O) groups is 1. The zero-order valence-corrected chi connectivity index (χ0v) is 7.29. The predicted molar refractivity (Wildman–Crippen MR) is 50.0 cm³/mol. The lowest BCUT2D eigenvalue weighted by Crippen LogP contribution is -1.98. The highest BCUT2D eigenvalue weighted by molar-refractivity contribution is 6.02. The summed E-state index contributed by atoms with van der Waals surface area (Å²) in [4.78, 5) is 11.3. The highest BCUT2D eigenvalue weighted by Crippen LogP contribution is 2.04. The van der Waals surface area contributed by atoms with Crippen LogP contribution in [0, 0.1) is 6.42 Å². The molecular formula is C11H13O. The zero-order chi connectivity index (χ0) is 8.81. The van der Waals surface area contributed by atoms with E-state index >= 15 is 0 Å². The maximum Gasteiger partial charge on any atom is 0.166 e. The second kappa shape index (κ2) is 4.70. The lowest BCUT2D eigenvalue weighted by atomic mass is 10.1. The van der Waals surface area contributed by atoms with E-state index in [0.29, 0.717) is 0 Å². The van der Waals surface area contributed by atoms with Crippen molar-refractivity contribution in [2.24, 2.45) is 0 Å². The monoisotopic (exact) mass is 161 g/mol. The first-order valence-corrected chi connectivity index (χ1v) is 4.27. The zero-order valence-electron chi connectivity index (χ0n) is 7.29. The van der Waals surface area contributed by atoms with Crippen LogP contribution in [0.4, 0.5) is 0 Å². The molecule has 1 rings (SSSR count). The summed E-state index contributed by atoms with van der Waals surface area (Å²) in [5.41, 5.74) is 0.783. The predicted octanol–water partition coefficient (Wildman–Crippen LogP) is 2.87. The Hall–Kier alpha value is -1.11. The quantitative estimate of drug-likeness (QED) is 0.620. The van der Waals surface area contributed by atoms with Crippen LogP contribution < -0.4 is 0 Å². The second-order valence-electron chi connectivity index (χ2n) is 2.72. The van der Waals surface area contributed by atoms with Gasteiger partial charge in [0, 0.05) is 12.0 Å². The average molecular weight is 161 g/mol. The Labute approximate surface area is 73.4 Å². The number of hydrogen-bond donors (Lipinski definition) is 0. The lowest BCUT2D eigenvalue weighted by molar-refractivity contribution is 0.102. The Balaban J connectivity index is 2.54. The van der Waals surface area contributed by atoms with Crippen molar-refractivity contribution in [3.05, 3.63) is 42.3 Å². The molecule has 0 aliphatic carbocycles. The molecule has 1 aromatic carbocycles. The first-order chi connectivity index (χ1) is 5.84. The topological polar surface area (TPSA) is 17.1 Å². The van der Waals surface area contributed by atoms with Crippen LogP contribution in [-0.4, -0.2) is 5.78 Å². The third-order valence-corrected chi connectivity index (χ3v) is 1.68. The Bertz CT molecular complexity index is 238. The van der Waals surface area contributed by atoms with Gasteiger partial charge in [-0.25, -0.2) is 0 Å². The number of unbranched alkanes of at least 4 members (excludes halogenated alkanes) is 1. The molecule has 12 heavy (non-hydrogen) atoms. The molecule has 63 valence electrons. The van der Waals surface area contributed by atoms with Crippen LogP contribution in [-0.2, 0) is 0 Å². The molecular weight excluding hydrogens is 148 g/mol. The normalized spacial score (nSPS) is 9.75. The van der Waals surface area contributed by atoms with Gasteiger partial charge in [-0.1, -0.05) is 43.7 Å². The Morgan fingerprint density at radius 3 is 2.58 bits per heavy atom. The fraction of sp³-hybridized carbons (Fsp3) is 0.273. The second-order valence-corrected chi connectivity index (χ2v) is 2.72. The van der Waals surface area contributed by atoms with Gasteiger partial charge in [0.25, 0.3) is 0 Å². The van der Waals surface area contributed by atoms with Crippen LogP contribution in [0.3, 0.4) is 0 Å². The van der Waals surface area contributed by atoms with Gasteiger partial charge in [-0.2, -0.15) is 0 Å². The molecule has 0 saturated carbocycles. The van der Waals surface area contributed by atoms with Crippen molar-refractivity contribution in [1.29, 1.82) is 0 Å². The Morgan fingerprint density at radius 1 is 1.33 bits per heavy atom. The summed E-state index contributed by atoms with van der Waals surface area (Å²) in [5, 5.41) is 0. The molecule has 0 aliphatic heterocycles. The van der Waals surface area contributed by atoms with E-state index in [9.17, 15) is 4.79 Å². The number of Topliss-reactive ketones (excluding diaryl/α,β-unsaturated/α-hetero) is 1. The van der Waals surface area contributed by atoms with Crippen molar-refractivity contribution in [3.8, 4) is 0 Å². The van der Waals surface area contributed by atoms with Gasteiger partial charge in [0.2, 0.25) is 0 Å². The summed E-state index contributed by atoms with van der Waals surface area (Å²) >= 11 is 0. The standard InChI is InChI=1S/C11H13O/c1-2-3-9-11(12)10-7-5-4-6-8-10/h4-9H,2-3H2,1H3. The third kappa shape index (κ3) is 2.50. The molecule has 0 N–H and O–H groups in total. The van der Waals surface area contributed by atoms with Gasteiger partial charge in [-0.15, -0.1) is 0 Å². The molecule has 0 aliphatic rings. The van der Waals surface area contributed by atoms with Gasteiger partial charge < -0.3 is 0 Å². The Kier molecular flexibility index (Phi) is 3.52. The highest BCUT2D eigenvalue weighted by Gasteiger charge is 2.02. The highest BCUT2D eigenvalue weighted by atomic mass is 16.1. The van der Waals surface area contributed by atoms with Gasteiger partial charge in [-0.3, -0.25) is 4.79 Å². The van der Waals surface area contributed by atoms with E-state index in [2.05, 4.69) is 6.92 Å². The summed E-state index contributed by atoms with van der Waals surface area (Å²) in [6, 6.07) is 9.36. The molecule has 1 heteroatoms. The maximum atomic E-state index is 11.3. The smallest absolute Gasteiger partial charge is 0.166 e. The molecule has 0 saturated heterocycles. The summed E-state index contributed by atoms with van der Waals surface area (Å²) in [7, 11) is 0. The minimum absolute atomic E-state index is 0.137. The number of hydrogen-bond acceptors (Lipinski definition) is 1. The molecule has 0 spiro atoms. The Morgan fingerprint density at radius 2 is 2.00 bits per heavy atom. The fourth-order valence-corrected chi connectivity index (χ4v) is 0.996. The van der Waals surface area contributed by atoms with E-state index < -0.39 is 0 Å². The lowest BCUT2D eigenvalue weighted by Gasteiger charge is -1.97.